The molecule has 0 aliphatic carbocycles. The maximum absolute atomic E-state index is 12.9. The highest BCUT2D eigenvalue weighted by molar-refractivity contribution is 7.89. The van der Waals surface area contributed by atoms with Gasteiger partial charge in [-0.2, -0.15) is 4.31 Å². The van der Waals surface area contributed by atoms with Gasteiger partial charge in [0.25, 0.3) is 0 Å². The smallest absolute Gasteiger partial charge is 0.243 e. The Morgan fingerprint density at radius 1 is 1.05 bits per heavy atom. The summed E-state index contributed by atoms with van der Waals surface area (Å²) >= 11 is 0. The van der Waals surface area contributed by atoms with Crippen LogP contribution in [0, 0.1) is 32.6 Å². The summed E-state index contributed by atoms with van der Waals surface area (Å²) in [5.41, 5.74) is 2.83. The molecule has 0 saturated carbocycles. The van der Waals surface area contributed by atoms with Crippen LogP contribution in [0.1, 0.15) is 16.7 Å². The largest absolute Gasteiger partial charge is 0.316 e. The minimum absolute atomic E-state index is 0.482. The molecule has 1 aromatic rings. The van der Waals surface area contributed by atoms with Crippen LogP contribution in [0.15, 0.2) is 17.0 Å². The highest BCUT2D eigenvalue weighted by atomic mass is 32.2. The third-order valence-electron chi connectivity index (χ3n) is 4.56. The van der Waals surface area contributed by atoms with Gasteiger partial charge in [-0.3, -0.25) is 0 Å². The predicted molar refractivity (Wildman–Crippen MR) is 79.3 cm³/mol. The molecule has 0 bridgehead atoms. The topological polar surface area (TPSA) is 49.4 Å². The second-order valence-corrected chi connectivity index (χ2v) is 8.10. The Morgan fingerprint density at radius 3 is 2.05 bits per heavy atom. The van der Waals surface area contributed by atoms with E-state index in [-0.39, 0.29) is 0 Å². The van der Waals surface area contributed by atoms with Crippen molar-refractivity contribution in [2.45, 2.75) is 25.7 Å². The average Bonchev–Trinajstić information content (AvgIpc) is 2.85. The van der Waals surface area contributed by atoms with Gasteiger partial charge in [-0.25, -0.2) is 8.42 Å². The number of rotatable bonds is 2. The molecule has 2 atom stereocenters. The molecular weight excluding hydrogens is 272 g/mol. The van der Waals surface area contributed by atoms with E-state index in [2.05, 4.69) is 5.32 Å². The molecule has 2 fully saturated rings. The van der Waals surface area contributed by atoms with Crippen LogP contribution in [-0.4, -0.2) is 38.9 Å². The highest BCUT2D eigenvalue weighted by Gasteiger charge is 2.42. The predicted octanol–water partition coefficient (Wildman–Crippen LogP) is 1.45. The van der Waals surface area contributed by atoms with Crippen LogP contribution in [-0.2, 0) is 10.0 Å². The van der Waals surface area contributed by atoms with E-state index in [0.29, 0.717) is 29.8 Å². The van der Waals surface area contributed by atoms with Crippen LogP contribution in [0.4, 0.5) is 0 Å². The standard InChI is InChI=1S/C15H22N2O2S/c1-10-4-11(2)15(12(3)5-10)20(18,19)17-8-13-6-16-7-14(13)9-17/h4-5,13-14,16H,6-9H2,1-3H3. The maximum atomic E-state index is 12.9. The Morgan fingerprint density at radius 2 is 1.55 bits per heavy atom. The first-order chi connectivity index (χ1) is 9.39. The van der Waals surface area contributed by atoms with Crippen LogP contribution >= 0.6 is 0 Å². The van der Waals surface area contributed by atoms with E-state index in [1.807, 2.05) is 32.9 Å². The molecule has 1 N–H and O–H groups in total. The van der Waals surface area contributed by atoms with E-state index in [1.165, 1.54) is 0 Å². The zero-order chi connectivity index (χ0) is 14.5. The van der Waals surface area contributed by atoms with E-state index in [9.17, 15) is 8.42 Å². The van der Waals surface area contributed by atoms with Crippen molar-refractivity contribution in [2.75, 3.05) is 26.2 Å². The summed E-state index contributed by atoms with van der Waals surface area (Å²) in [6.07, 6.45) is 0. The summed E-state index contributed by atoms with van der Waals surface area (Å²) < 4.78 is 27.5. The fourth-order valence-corrected chi connectivity index (χ4v) is 5.68. The quantitative estimate of drug-likeness (QED) is 0.898. The monoisotopic (exact) mass is 294 g/mol. The summed E-state index contributed by atoms with van der Waals surface area (Å²) in [4.78, 5) is 0.510. The van der Waals surface area contributed by atoms with Gasteiger partial charge in [-0.05, 0) is 56.8 Å². The number of nitrogens with zero attached hydrogens (tertiary/aromatic N) is 1. The van der Waals surface area contributed by atoms with Gasteiger partial charge >= 0.3 is 0 Å². The average molecular weight is 294 g/mol. The second-order valence-electron chi connectivity index (χ2n) is 6.23. The molecule has 2 heterocycles. The summed E-state index contributed by atoms with van der Waals surface area (Å²) in [6, 6.07) is 3.91. The van der Waals surface area contributed by atoms with Gasteiger partial charge in [-0.1, -0.05) is 17.7 Å². The molecule has 2 aliphatic heterocycles. The first-order valence-corrected chi connectivity index (χ1v) is 8.62. The molecule has 5 heteroatoms. The number of aryl methyl sites for hydroxylation is 3. The van der Waals surface area contributed by atoms with Crippen molar-refractivity contribution in [1.82, 2.24) is 9.62 Å². The van der Waals surface area contributed by atoms with Crippen molar-refractivity contribution >= 4 is 10.0 Å². The third-order valence-corrected chi connectivity index (χ3v) is 6.70. The molecular formula is C15H22N2O2S. The summed E-state index contributed by atoms with van der Waals surface area (Å²) in [5, 5.41) is 3.34. The van der Waals surface area contributed by atoms with E-state index in [0.717, 1.165) is 29.8 Å². The first-order valence-electron chi connectivity index (χ1n) is 7.18. The van der Waals surface area contributed by atoms with Gasteiger partial charge < -0.3 is 5.32 Å². The van der Waals surface area contributed by atoms with Gasteiger partial charge in [0.1, 0.15) is 0 Å². The highest BCUT2D eigenvalue weighted by Crippen LogP contribution is 2.33. The normalized spacial score (nSPS) is 26.9. The van der Waals surface area contributed by atoms with Crippen LogP contribution < -0.4 is 5.32 Å². The van der Waals surface area contributed by atoms with Gasteiger partial charge in [0.15, 0.2) is 0 Å². The molecule has 110 valence electrons. The lowest BCUT2D eigenvalue weighted by molar-refractivity contribution is 0.447. The molecule has 1 aromatic carbocycles. The molecule has 0 amide bonds. The number of nitrogens with one attached hydrogen (secondary N) is 1. The van der Waals surface area contributed by atoms with E-state index >= 15 is 0 Å². The summed E-state index contributed by atoms with van der Waals surface area (Å²) in [5.74, 6) is 0.965. The van der Waals surface area contributed by atoms with Crippen molar-refractivity contribution in [3.05, 3.63) is 28.8 Å². The molecule has 2 aliphatic rings. The number of hydrogen-bond acceptors (Lipinski definition) is 3. The zero-order valence-corrected chi connectivity index (χ0v) is 13.1. The number of fused-ring (bicyclic) bond motifs is 1. The molecule has 2 saturated heterocycles. The van der Waals surface area contributed by atoms with E-state index in [1.54, 1.807) is 4.31 Å². The lowest BCUT2D eigenvalue weighted by atomic mass is 10.0. The Bertz CT molecular complexity index is 604. The lowest BCUT2D eigenvalue weighted by Gasteiger charge is -2.20. The SMILES string of the molecule is Cc1cc(C)c(S(=O)(=O)N2CC3CNCC3C2)c(C)c1. The minimum Gasteiger partial charge on any atom is -0.316 e. The van der Waals surface area contributed by atoms with E-state index in [4.69, 9.17) is 0 Å². The Hall–Kier alpha value is -0.910. The van der Waals surface area contributed by atoms with Crippen molar-refractivity contribution in [3.8, 4) is 0 Å². The van der Waals surface area contributed by atoms with Crippen LogP contribution in [0.2, 0.25) is 0 Å². The van der Waals surface area contributed by atoms with Crippen molar-refractivity contribution in [2.24, 2.45) is 11.8 Å². The summed E-state index contributed by atoms with van der Waals surface area (Å²) in [7, 11) is -3.35. The van der Waals surface area contributed by atoms with Crippen LogP contribution in [0.5, 0.6) is 0 Å². The van der Waals surface area contributed by atoms with Crippen molar-refractivity contribution in [1.29, 1.82) is 0 Å². The first kappa shape index (κ1) is 14.0. The molecule has 0 spiro atoms. The molecule has 2 unspecified atom stereocenters. The molecule has 20 heavy (non-hydrogen) atoms. The Balaban J connectivity index is 1.97. The Labute approximate surface area is 121 Å². The van der Waals surface area contributed by atoms with Crippen molar-refractivity contribution in [3.63, 3.8) is 0 Å². The van der Waals surface area contributed by atoms with Gasteiger partial charge in [-0.15, -0.1) is 0 Å². The van der Waals surface area contributed by atoms with Crippen LogP contribution in [0.3, 0.4) is 0 Å². The molecule has 4 nitrogen and oxygen atoms in total. The van der Waals surface area contributed by atoms with Crippen LogP contribution in [0.25, 0.3) is 0 Å². The van der Waals surface area contributed by atoms with E-state index < -0.39 is 10.0 Å². The Kier molecular flexibility index (Phi) is 3.39. The molecule has 0 radical (unpaired) electrons. The van der Waals surface area contributed by atoms with Gasteiger partial charge in [0, 0.05) is 13.1 Å². The maximum Gasteiger partial charge on any atom is 0.243 e. The van der Waals surface area contributed by atoms with Gasteiger partial charge in [0.2, 0.25) is 10.0 Å². The van der Waals surface area contributed by atoms with Crippen molar-refractivity contribution < 1.29 is 8.42 Å². The number of sulfonamides is 1. The fraction of sp³-hybridized carbons (Fsp3) is 0.600. The second kappa shape index (κ2) is 4.83. The third kappa shape index (κ3) is 2.18. The zero-order valence-electron chi connectivity index (χ0n) is 12.3. The molecule has 0 aromatic heterocycles. The fourth-order valence-electron chi connectivity index (χ4n) is 3.71. The number of hydrogen-bond donors (Lipinski definition) is 1. The summed E-state index contributed by atoms with van der Waals surface area (Å²) in [6.45, 7) is 9.00. The molecule has 3 rings (SSSR count). The number of benzene rings is 1. The minimum atomic E-state index is -3.35. The van der Waals surface area contributed by atoms with Gasteiger partial charge in [0.05, 0.1) is 4.90 Å². The lowest BCUT2D eigenvalue weighted by Crippen LogP contribution is -2.32.